The number of unbranched alkanes of at least 4 members (excludes halogenated alkanes) is 2. The number of nitrogens with one attached hydrogen (secondary N) is 1. The minimum atomic E-state index is -0.153. The van der Waals surface area contributed by atoms with E-state index in [1.807, 2.05) is 37.3 Å². The van der Waals surface area contributed by atoms with Gasteiger partial charge in [-0.15, -0.1) is 0 Å². The van der Waals surface area contributed by atoms with Crippen LogP contribution in [0.3, 0.4) is 0 Å². The van der Waals surface area contributed by atoms with Crippen LogP contribution in [0.15, 0.2) is 47.7 Å². The molecule has 0 fully saturated rings. The maximum absolute atomic E-state index is 12.2. The quantitative estimate of drug-likeness (QED) is 0.386. The molecule has 0 aromatic heterocycles. The summed E-state index contributed by atoms with van der Waals surface area (Å²) in [4.78, 5) is 12.2. The first-order chi connectivity index (χ1) is 11.6. The molecular weight excluding hydrogens is 300 g/mol. The first kappa shape index (κ1) is 19.8. The number of allylic oxidation sites excluding steroid dienone is 2. The average Bonchev–Trinajstić information content (AvgIpc) is 2.58. The second-order valence-electron chi connectivity index (χ2n) is 5.79. The number of amides is 1. The van der Waals surface area contributed by atoms with Gasteiger partial charge >= 0.3 is 0 Å². The summed E-state index contributed by atoms with van der Waals surface area (Å²) in [5.41, 5.74) is 7.85. The van der Waals surface area contributed by atoms with E-state index >= 15 is 0 Å². The summed E-state index contributed by atoms with van der Waals surface area (Å²) in [6, 6.07) is 7.82. The number of hydrogen-bond donors (Lipinski definition) is 2. The lowest BCUT2D eigenvalue weighted by atomic mass is 10.1. The Labute approximate surface area is 145 Å². The van der Waals surface area contributed by atoms with Crippen LogP contribution >= 0.6 is 0 Å². The molecule has 1 rings (SSSR count). The molecule has 1 aromatic rings. The van der Waals surface area contributed by atoms with Gasteiger partial charge in [-0.3, -0.25) is 4.79 Å². The molecule has 3 N–H and O–H groups in total. The Balaban J connectivity index is 2.50. The van der Waals surface area contributed by atoms with Crippen LogP contribution in [0.4, 0.5) is 0 Å². The highest BCUT2D eigenvalue weighted by Crippen LogP contribution is 2.13. The Morgan fingerprint density at radius 1 is 1.21 bits per heavy atom. The minimum Gasteiger partial charge on any atom is -0.494 e. The molecule has 0 aliphatic heterocycles. The number of ether oxygens (including phenoxy) is 1. The van der Waals surface area contributed by atoms with E-state index < -0.39 is 0 Å². The summed E-state index contributed by atoms with van der Waals surface area (Å²) in [6.45, 7) is 7.14. The Bertz CT molecular complexity index is 556. The SMILES string of the molecule is CC/C=C\C(C(=O)NCc1ccc(OCCCCC)cc1)=C(/C)N. The molecule has 0 aliphatic rings. The molecular formula is C20H30N2O2. The van der Waals surface area contributed by atoms with Crippen molar-refractivity contribution < 1.29 is 9.53 Å². The highest BCUT2D eigenvalue weighted by molar-refractivity contribution is 5.96. The molecule has 0 spiro atoms. The molecule has 0 unspecified atom stereocenters. The predicted molar refractivity (Wildman–Crippen MR) is 99.6 cm³/mol. The summed E-state index contributed by atoms with van der Waals surface area (Å²) >= 11 is 0. The van der Waals surface area contributed by atoms with Gasteiger partial charge in [0.15, 0.2) is 0 Å². The van der Waals surface area contributed by atoms with Crippen LogP contribution in [-0.4, -0.2) is 12.5 Å². The first-order valence-electron chi connectivity index (χ1n) is 8.71. The monoisotopic (exact) mass is 330 g/mol. The Morgan fingerprint density at radius 3 is 2.50 bits per heavy atom. The fourth-order valence-electron chi connectivity index (χ4n) is 2.15. The van der Waals surface area contributed by atoms with Crippen molar-refractivity contribution >= 4 is 5.91 Å². The van der Waals surface area contributed by atoms with Crippen molar-refractivity contribution in [3.05, 3.63) is 53.3 Å². The molecule has 4 heteroatoms. The molecule has 0 saturated heterocycles. The van der Waals surface area contributed by atoms with E-state index in [9.17, 15) is 4.79 Å². The van der Waals surface area contributed by atoms with Gasteiger partial charge in [0.2, 0.25) is 0 Å². The third kappa shape index (κ3) is 7.36. The number of benzene rings is 1. The van der Waals surface area contributed by atoms with Crippen LogP contribution in [-0.2, 0) is 11.3 Å². The second-order valence-corrected chi connectivity index (χ2v) is 5.79. The maximum Gasteiger partial charge on any atom is 0.253 e. The Morgan fingerprint density at radius 2 is 1.92 bits per heavy atom. The zero-order chi connectivity index (χ0) is 17.8. The topological polar surface area (TPSA) is 64.3 Å². The van der Waals surface area contributed by atoms with E-state index in [1.165, 1.54) is 12.8 Å². The Hall–Kier alpha value is -2.23. The van der Waals surface area contributed by atoms with E-state index in [0.29, 0.717) is 17.8 Å². The smallest absolute Gasteiger partial charge is 0.253 e. The molecule has 24 heavy (non-hydrogen) atoms. The largest absolute Gasteiger partial charge is 0.494 e. The third-order valence-corrected chi connectivity index (χ3v) is 3.58. The van der Waals surface area contributed by atoms with E-state index in [-0.39, 0.29) is 5.91 Å². The average molecular weight is 330 g/mol. The molecule has 0 heterocycles. The first-order valence-corrected chi connectivity index (χ1v) is 8.71. The van der Waals surface area contributed by atoms with Gasteiger partial charge in [0, 0.05) is 12.2 Å². The number of carbonyl (C=O) groups is 1. The van der Waals surface area contributed by atoms with E-state index in [4.69, 9.17) is 10.5 Å². The van der Waals surface area contributed by atoms with Gasteiger partial charge in [0.25, 0.3) is 5.91 Å². The van der Waals surface area contributed by atoms with Crippen molar-refractivity contribution in [3.8, 4) is 5.75 Å². The second kappa shape index (κ2) is 11.3. The molecule has 0 atom stereocenters. The number of nitrogens with two attached hydrogens (primary N) is 1. The van der Waals surface area contributed by atoms with Crippen molar-refractivity contribution in [3.63, 3.8) is 0 Å². The molecule has 0 radical (unpaired) electrons. The van der Waals surface area contributed by atoms with Crippen molar-refractivity contribution in [1.82, 2.24) is 5.32 Å². The van der Waals surface area contributed by atoms with Gasteiger partial charge in [-0.25, -0.2) is 0 Å². The lowest BCUT2D eigenvalue weighted by molar-refractivity contribution is -0.117. The third-order valence-electron chi connectivity index (χ3n) is 3.58. The zero-order valence-electron chi connectivity index (χ0n) is 15.1. The summed E-state index contributed by atoms with van der Waals surface area (Å²) < 4.78 is 5.68. The van der Waals surface area contributed by atoms with Crippen LogP contribution < -0.4 is 15.8 Å². The molecule has 132 valence electrons. The summed E-state index contributed by atoms with van der Waals surface area (Å²) in [7, 11) is 0. The highest BCUT2D eigenvalue weighted by Gasteiger charge is 2.08. The molecule has 4 nitrogen and oxygen atoms in total. The van der Waals surface area contributed by atoms with E-state index in [2.05, 4.69) is 12.2 Å². The van der Waals surface area contributed by atoms with Crippen LogP contribution in [0.5, 0.6) is 5.75 Å². The molecule has 1 amide bonds. The van der Waals surface area contributed by atoms with Crippen molar-refractivity contribution in [2.75, 3.05) is 6.61 Å². The maximum atomic E-state index is 12.2. The number of rotatable bonds is 10. The molecule has 0 aliphatic carbocycles. The van der Waals surface area contributed by atoms with Gasteiger partial charge in [0.05, 0.1) is 12.2 Å². The standard InChI is InChI=1S/C20H30N2O2/c1-4-6-8-14-24-18-12-10-17(11-13-18)15-22-20(23)19(16(3)21)9-7-5-2/h7,9-13H,4-6,8,14-15,21H2,1-3H3,(H,22,23)/b9-7-,19-16-. The number of carbonyl (C=O) groups excluding carboxylic acids is 1. The fraction of sp³-hybridized carbons (Fsp3) is 0.450. The van der Waals surface area contributed by atoms with Gasteiger partial charge in [0.1, 0.15) is 5.75 Å². The fourth-order valence-corrected chi connectivity index (χ4v) is 2.15. The van der Waals surface area contributed by atoms with Crippen LogP contribution in [0.2, 0.25) is 0 Å². The van der Waals surface area contributed by atoms with Crippen LogP contribution in [0.25, 0.3) is 0 Å². The summed E-state index contributed by atoms with van der Waals surface area (Å²) in [5, 5.41) is 2.90. The normalized spacial score (nSPS) is 12.1. The molecule has 1 aromatic carbocycles. The minimum absolute atomic E-state index is 0.153. The summed E-state index contributed by atoms with van der Waals surface area (Å²) in [5.74, 6) is 0.713. The van der Waals surface area contributed by atoms with Gasteiger partial charge < -0.3 is 15.8 Å². The number of hydrogen-bond acceptors (Lipinski definition) is 3. The predicted octanol–water partition coefficient (Wildman–Crippen LogP) is 4.07. The van der Waals surface area contributed by atoms with Gasteiger partial charge in [-0.2, -0.15) is 0 Å². The molecule has 0 bridgehead atoms. The summed E-state index contributed by atoms with van der Waals surface area (Å²) in [6.07, 6.45) is 8.02. The van der Waals surface area contributed by atoms with Crippen molar-refractivity contribution in [1.29, 1.82) is 0 Å². The van der Waals surface area contributed by atoms with Crippen molar-refractivity contribution in [2.24, 2.45) is 5.73 Å². The lowest BCUT2D eigenvalue weighted by Crippen LogP contribution is -2.25. The van der Waals surface area contributed by atoms with Gasteiger partial charge in [-0.05, 0) is 37.5 Å². The highest BCUT2D eigenvalue weighted by atomic mass is 16.5. The van der Waals surface area contributed by atoms with Gasteiger partial charge in [-0.1, -0.05) is 51.0 Å². The van der Waals surface area contributed by atoms with Crippen molar-refractivity contribution in [2.45, 2.75) is 53.0 Å². The van der Waals surface area contributed by atoms with Crippen LogP contribution in [0, 0.1) is 0 Å². The van der Waals surface area contributed by atoms with E-state index in [0.717, 1.165) is 30.8 Å². The molecule has 0 saturated carbocycles. The van der Waals surface area contributed by atoms with E-state index in [1.54, 1.807) is 13.0 Å². The Kier molecular flexibility index (Phi) is 9.35. The van der Waals surface area contributed by atoms with Crippen LogP contribution in [0.1, 0.15) is 52.0 Å². The lowest BCUT2D eigenvalue weighted by Gasteiger charge is -2.09. The zero-order valence-corrected chi connectivity index (χ0v) is 15.1.